The molecule has 3 N–H and O–H groups in total. The van der Waals surface area contributed by atoms with Gasteiger partial charge in [-0.15, -0.1) is 0 Å². The van der Waals surface area contributed by atoms with Crippen molar-refractivity contribution >= 4 is 12.2 Å². The molecule has 0 aromatic heterocycles. The van der Waals surface area contributed by atoms with Crippen molar-refractivity contribution in [2.75, 3.05) is 14.1 Å². The second-order valence-electron chi connectivity index (χ2n) is 4.31. The predicted molar refractivity (Wildman–Crippen MR) is 71.6 cm³/mol. The molecule has 1 unspecified atom stereocenters. The zero-order valence-electron chi connectivity index (χ0n) is 10.7. The lowest BCUT2D eigenvalue weighted by atomic mass is 10.0. The number of carboxylic acids is 1. The van der Waals surface area contributed by atoms with E-state index in [4.69, 9.17) is 10.8 Å². The molecule has 0 saturated carbocycles. The molecule has 5 heteroatoms. The Balaban J connectivity index is 2.55. The van der Waals surface area contributed by atoms with Gasteiger partial charge in [-0.2, -0.15) is 5.10 Å². The van der Waals surface area contributed by atoms with Crippen molar-refractivity contribution < 1.29 is 9.90 Å². The summed E-state index contributed by atoms with van der Waals surface area (Å²) in [5, 5.41) is 14.6. The topological polar surface area (TPSA) is 78.9 Å². The molecular weight excluding hydrogens is 230 g/mol. The molecule has 0 saturated heterocycles. The van der Waals surface area contributed by atoms with Gasteiger partial charge in [0.1, 0.15) is 6.04 Å². The van der Waals surface area contributed by atoms with Crippen molar-refractivity contribution in [3.05, 3.63) is 35.4 Å². The van der Waals surface area contributed by atoms with E-state index in [-0.39, 0.29) is 0 Å². The first-order valence-electron chi connectivity index (χ1n) is 5.75. The van der Waals surface area contributed by atoms with Crippen molar-refractivity contribution in [1.29, 1.82) is 0 Å². The van der Waals surface area contributed by atoms with E-state index in [0.717, 1.165) is 17.5 Å². The monoisotopic (exact) mass is 249 g/mol. The number of hydrogen-bond donors (Lipinski definition) is 2. The van der Waals surface area contributed by atoms with E-state index in [1.807, 2.05) is 44.6 Å². The third kappa shape index (κ3) is 4.97. The summed E-state index contributed by atoms with van der Waals surface area (Å²) in [6, 6.07) is 6.90. The second-order valence-corrected chi connectivity index (χ2v) is 4.31. The lowest BCUT2D eigenvalue weighted by molar-refractivity contribution is -0.138. The standard InChI is InChI=1S/C13H19N3O2/c1-16(2)15-8-7-10-3-5-11(6-4-10)9-12(14)13(17)18/h3-6,8,12H,7,9,14H2,1-2H3,(H,17,18)/b15-8+. The highest BCUT2D eigenvalue weighted by molar-refractivity contribution is 5.73. The minimum absolute atomic E-state index is 0.349. The molecule has 0 aliphatic rings. The van der Waals surface area contributed by atoms with Crippen LogP contribution >= 0.6 is 0 Å². The average Bonchev–Trinajstić information content (AvgIpc) is 2.30. The lowest BCUT2D eigenvalue weighted by Gasteiger charge is -2.07. The molecule has 1 aromatic rings. The van der Waals surface area contributed by atoms with Gasteiger partial charge in [0.15, 0.2) is 0 Å². The van der Waals surface area contributed by atoms with Crippen LogP contribution in [0.5, 0.6) is 0 Å². The van der Waals surface area contributed by atoms with Crippen molar-refractivity contribution in [1.82, 2.24) is 5.01 Å². The first-order chi connectivity index (χ1) is 8.49. The van der Waals surface area contributed by atoms with E-state index in [1.165, 1.54) is 0 Å². The molecule has 1 aromatic carbocycles. The van der Waals surface area contributed by atoms with Crippen LogP contribution in [0, 0.1) is 0 Å². The quantitative estimate of drug-likeness (QED) is 0.575. The number of hydrogen-bond acceptors (Lipinski definition) is 4. The summed E-state index contributed by atoms with van der Waals surface area (Å²) < 4.78 is 0. The smallest absolute Gasteiger partial charge is 0.320 e. The lowest BCUT2D eigenvalue weighted by Crippen LogP contribution is -2.32. The Morgan fingerprint density at radius 2 is 1.94 bits per heavy atom. The zero-order valence-corrected chi connectivity index (χ0v) is 10.7. The fourth-order valence-corrected chi connectivity index (χ4v) is 1.46. The molecule has 98 valence electrons. The predicted octanol–water partition coefficient (Wildman–Crippen LogP) is 0.731. The van der Waals surface area contributed by atoms with E-state index in [0.29, 0.717) is 6.42 Å². The molecule has 0 bridgehead atoms. The summed E-state index contributed by atoms with van der Waals surface area (Å²) in [5.41, 5.74) is 7.54. The van der Waals surface area contributed by atoms with Gasteiger partial charge >= 0.3 is 5.97 Å². The Bertz CT molecular complexity index is 413. The van der Waals surface area contributed by atoms with Crippen LogP contribution in [0.25, 0.3) is 0 Å². The molecule has 5 nitrogen and oxygen atoms in total. The van der Waals surface area contributed by atoms with Crippen molar-refractivity contribution in [2.24, 2.45) is 10.8 Å². The molecule has 0 fully saturated rings. The molecule has 18 heavy (non-hydrogen) atoms. The van der Waals surface area contributed by atoms with Crippen LogP contribution < -0.4 is 5.73 Å². The molecular formula is C13H19N3O2. The minimum atomic E-state index is -0.975. The van der Waals surface area contributed by atoms with Gasteiger partial charge in [0, 0.05) is 26.7 Å². The van der Waals surface area contributed by atoms with Gasteiger partial charge in [0.2, 0.25) is 0 Å². The number of carboxylic acid groups (broad SMARTS) is 1. The Labute approximate surface area is 107 Å². The van der Waals surface area contributed by atoms with Crippen LogP contribution in [0.3, 0.4) is 0 Å². The Morgan fingerprint density at radius 1 is 1.39 bits per heavy atom. The molecule has 0 aliphatic heterocycles. The number of nitrogens with two attached hydrogens (primary N) is 1. The summed E-state index contributed by atoms with van der Waals surface area (Å²) in [5.74, 6) is -0.975. The zero-order chi connectivity index (χ0) is 13.5. The average molecular weight is 249 g/mol. The van der Waals surface area contributed by atoms with Crippen LogP contribution in [0.2, 0.25) is 0 Å². The van der Waals surface area contributed by atoms with E-state index in [2.05, 4.69) is 5.10 Å². The summed E-state index contributed by atoms with van der Waals surface area (Å²) in [4.78, 5) is 10.6. The fourth-order valence-electron chi connectivity index (χ4n) is 1.46. The molecule has 1 atom stereocenters. The third-order valence-corrected chi connectivity index (χ3v) is 2.44. The van der Waals surface area contributed by atoms with Crippen molar-refractivity contribution in [3.8, 4) is 0 Å². The molecule has 0 radical (unpaired) electrons. The van der Waals surface area contributed by atoms with Gasteiger partial charge < -0.3 is 15.8 Å². The third-order valence-electron chi connectivity index (χ3n) is 2.44. The number of nitrogens with zero attached hydrogens (tertiary/aromatic N) is 2. The summed E-state index contributed by atoms with van der Waals surface area (Å²) in [6.45, 7) is 0. The van der Waals surface area contributed by atoms with E-state index in [9.17, 15) is 4.79 Å². The first kappa shape index (κ1) is 14.2. The molecule has 0 aliphatic carbocycles. The normalized spacial score (nSPS) is 12.6. The summed E-state index contributed by atoms with van der Waals surface area (Å²) in [7, 11) is 3.74. The van der Waals surface area contributed by atoms with Gasteiger partial charge in [-0.25, -0.2) is 0 Å². The van der Waals surface area contributed by atoms with Crippen LogP contribution in [-0.4, -0.2) is 42.4 Å². The number of aliphatic carboxylic acids is 1. The highest BCUT2D eigenvalue weighted by Crippen LogP contribution is 2.06. The molecule has 1 rings (SSSR count). The van der Waals surface area contributed by atoms with Crippen LogP contribution in [-0.2, 0) is 17.6 Å². The van der Waals surface area contributed by atoms with Crippen LogP contribution in [0.4, 0.5) is 0 Å². The molecule has 0 heterocycles. The van der Waals surface area contributed by atoms with E-state index in [1.54, 1.807) is 5.01 Å². The highest BCUT2D eigenvalue weighted by Gasteiger charge is 2.11. The Kier molecular flexibility index (Phi) is 5.32. The largest absolute Gasteiger partial charge is 0.480 e. The van der Waals surface area contributed by atoms with Gasteiger partial charge in [0.05, 0.1) is 0 Å². The maximum Gasteiger partial charge on any atom is 0.320 e. The number of hydrazone groups is 1. The number of benzene rings is 1. The van der Waals surface area contributed by atoms with E-state index < -0.39 is 12.0 Å². The van der Waals surface area contributed by atoms with Gasteiger partial charge in [-0.3, -0.25) is 4.79 Å². The van der Waals surface area contributed by atoms with Crippen LogP contribution in [0.15, 0.2) is 29.4 Å². The highest BCUT2D eigenvalue weighted by atomic mass is 16.4. The molecule has 0 spiro atoms. The summed E-state index contributed by atoms with van der Waals surface area (Å²) >= 11 is 0. The SMILES string of the molecule is CN(C)/N=C/Cc1ccc(CC(N)C(=O)O)cc1. The minimum Gasteiger partial charge on any atom is -0.480 e. The maximum absolute atomic E-state index is 10.6. The molecule has 0 amide bonds. The Morgan fingerprint density at radius 3 is 2.44 bits per heavy atom. The Hall–Kier alpha value is -1.88. The van der Waals surface area contributed by atoms with Gasteiger partial charge in [0.25, 0.3) is 0 Å². The number of rotatable bonds is 6. The van der Waals surface area contributed by atoms with Gasteiger partial charge in [-0.05, 0) is 17.5 Å². The van der Waals surface area contributed by atoms with Gasteiger partial charge in [-0.1, -0.05) is 24.3 Å². The van der Waals surface area contributed by atoms with Crippen molar-refractivity contribution in [2.45, 2.75) is 18.9 Å². The second kappa shape index (κ2) is 6.76. The van der Waals surface area contributed by atoms with Crippen molar-refractivity contribution in [3.63, 3.8) is 0 Å². The number of carbonyl (C=O) groups is 1. The summed E-state index contributed by atoms with van der Waals surface area (Å²) in [6.07, 6.45) is 2.93. The fraction of sp³-hybridized carbons (Fsp3) is 0.385. The van der Waals surface area contributed by atoms with Crippen LogP contribution in [0.1, 0.15) is 11.1 Å². The van der Waals surface area contributed by atoms with E-state index >= 15 is 0 Å². The maximum atomic E-state index is 10.6. The first-order valence-corrected chi connectivity index (χ1v) is 5.75.